The Morgan fingerprint density at radius 1 is 1.64 bits per heavy atom. The number of ether oxygens (including phenoxy) is 1. The third-order valence-corrected chi connectivity index (χ3v) is 1.31. The van der Waals surface area contributed by atoms with Gasteiger partial charge in [0.05, 0.1) is 7.11 Å². The zero-order chi connectivity index (χ0) is 9.07. The average Bonchev–Trinajstić information content (AvgIpc) is 2.01. The second-order valence-electron chi connectivity index (χ2n) is 2.26. The van der Waals surface area contributed by atoms with Crippen LogP contribution in [0.2, 0.25) is 0 Å². The molecule has 0 radical (unpaired) electrons. The topological polar surface area (TPSA) is 69.4 Å². The Bertz CT molecular complexity index is 196. The molecule has 0 fully saturated rings. The number of methoxy groups -OCH3 is 1. The van der Waals surface area contributed by atoms with Crippen molar-refractivity contribution < 1.29 is 14.3 Å². The first-order valence-electron chi connectivity index (χ1n) is 3.01. The second kappa shape index (κ2) is 3.30. The lowest BCUT2D eigenvalue weighted by Crippen LogP contribution is -2.52. The maximum absolute atomic E-state index is 10.9. The van der Waals surface area contributed by atoms with Gasteiger partial charge < -0.3 is 10.5 Å². The molecule has 0 aromatic heterocycles. The standard InChI is InChI=1S/C7H11NO3/c1-4-5(9)7(2,8)6(10)11-3/h4H,1,8H2,2-3H3. The Morgan fingerprint density at radius 3 is 2.36 bits per heavy atom. The molecule has 2 N–H and O–H groups in total. The number of carbonyl (C=O) groups is 2. The molecule has 0 aliphatic heterocycles. The Labute approximate surface area is 65.0 Å². The molecule has 11 heavy (non-hydrogen) atoms. The zero-order valence-electron chi connectivity index (χ0n) is 6.59. The SMILES string of the molecule is C=CC(=O)C(C)(N)C(=O)OC. The molecular weight excluding hydrogens is 146 g/mol. The number of nitrogens with two attached hydrogens (primary N) is 1. The minimum absolute atomic E-state index is 0.552. The van der Waals surface area contributed by atoms with Crippen LogP contribution in [0.1, 0.15) is 6.92 Å². The van der Waals surface area contributed by atoms with E-state index in [4.69, 9.17) is 5.73 Å². The molecule has 0 amide bonds. The molecule has 4 nitrogen and oxygen atoms in total. The van der Waals surface area contributed by atoms with E-state index >= 15 is 0 Å². The monoisotopic (exact) mass is 157 g/mol. The summed E-state index contributed by atoms with van der Waals surface area (Å²) in [6.07, 6.45) is 0.997. The van der Waals surface area contributed by atoms with Crippen LogP contribution in [0.5, 0.6) is 0 Å². The minimum atomic E-state index is -1.60. The smallest absolute Gasteiger partial charge is 0.333 e. The normalized spacial score (nSPS) is 14.8. The van der Waals surface area contributed by atoms with E-state index < -0.39 is 17.3 Å². The molecule has 0 spiro atoms. The summed E-state index contributed by atoms with van der Waals surface area (Å²) >= 11 is 0. The molecule has 1 unspecified atom stereocenters. The van der Waals surface area contributed by atoms with Crippen LogP contribution in [0.3, 0.4) is 0 Å². The molecule has 4 heteroatoms. The second-order valence-corrected chi connectivity index (χ2v) is 2.26. The van der Waals surface area contributed by atoms with Gasteiger partial charge in [-0.1, -0.05) is 6.58 Å². The van der Waals surface area contributed by atoms with Gasteiger partial charge in [0.15, 0.2) is 11.3 Å². The van der Waals surface area contributed by atoms with E-state index in [-0.39, 0.29) is 0 Å². The van der Waals surface area contributed by atoms with E-state index in [0.717, 1.165) is 6.08 Å². The predicted molar refractivity (Wildman–Crippen MR) is 39.8 cm³/mol. The van der Waals surface area contributed by atoms with E-state index in [1.54, 1.807) is 0 Å². The molecule has 0 aliphatic carbocycles. The fraction of sp³-hybridized carbons (Fsp3) is 0.429. The van der Waals surface area contributed by atoms with Gasteiger partial charge >= 0.3 is 5.97 Å². The fourth-order valence-corrected chi connectivity index (χ4v) is 0.525. The molecule has 0 saturated carbocycles. The van der Waals surface area contributed by atoms with E-state index in [1.165, 1.54) is 14.0 Å². The molecule has 0 saturated heterocycles. The molecule has 1 atom stereocenters. The lowest BCUT2D eigenvalue weighted by molar-refractivity contribution is -0.149. The lowest BCUT2D eigenvalue weighted by atomic mass is 9.98. The van der Waals surface area contributed by atoms with Gasteiger partial charge in [0, 0.05) is 0 Å². The third kappa shape index (κ3) is 1.88. The number of rotatable bonds is 3. The van der Waals surface area contributed by atoms with Crippen molar-refractivity contribution in [1.82, 2.24) is 0 Å². The summed E-state index contributed by atoms with van der Waals surface area (Å²) in [5.74, 6) is -1.31. The highest BCUT2D eigenvalue weighted by Gasteiger charge is 2.35. The van der Waals surface area contributed by atoms with Gasteiger partial charge in [-0.25, -0.2) is 4.79 Å². The van der Waals surface area contributed by atoms with Crippen LogP contribution < -0.4 is 5.73 Å². The van der Waals surface area contributed by atoms with Crippen LogP contribution in [-0.2, 0) is 14.3 Å². The van der Waals surface area contributed by atoms with Crippen LogP contribution in [0.4, 0.5) is 0 Å². The quantitative estimate of drug-likeness (QED) is 0.345. The Hall–Kier alpha value is -1.16. The molecule has 0 heterocycles. The number of hydrogen-bond donors (Lipinski definition) is 1. The van der Waals surface area contributed by atoms with Crippen molar-refractivity contribution in [1.29, 1.82) is 0 Å². The first-order chi connectivity index (χ1) is 4.96. The van der Waals surface area contributed by atoms with Gasteiger partial charge in [-0.3, -0.25) is 4.79 Å². The van der Waals surface area contributed by atoms with Gasteiger partial charge in [-0.2, -0.15) is 0 Å². The number of carbonyl (C=O) groups excluding carboxylic acids is 2. The Balaban J connectivity index is 4.57. The van der Waals surface area contributed by atoms with Gasteiger partial charge in [0.2, 0.25) is 0 Å². The van der Waals surface area contributed by atoms with Crippen molar-refractivity contribution in [2.75, 3.05) is 7.11 Å². The summed E-state index contributed by atoms with van der Waals surface area (Å²) < 4.78 is 4.31. The molecule has 0 aromatic rings. The van der Waals surface area contributed by atoms with E-state index in [0.29, 0.717) is 0 Å². The maximum Gasteiger partial charge on any atom is 0.333 e. The first kappa shape index (κ1) is 9.84. The summed E-state index contributed by atoms with van der Waals surface area (Å²) in [5.41, 5.74) is 3.73. The van der Waals surface area contributed by atoms with E-state index in [2.05, 4.69) is 11.3 Å². The number of hydrogen-bond acceptors (Lipinski definition) is 4. The highest BCUT2D eigenvalue weighted by molar-refractivity contribution is 6.12. The molecule has 0 rings (SSSR count). The van der Waals surface area contributed by atoms with Gasteiger partial charge in [0.25, 0.3) is 0 Å². The third-order valence-electron chi connectivity index (χ3n) is 1.31. The molecule has 0 aromatic carbocycles. The first-order valence-corrected chi connectivity index (χ1v) is 3.01. The highest BCUT2D eigenvalue weighted by atomic mass is 16.5. The highest BCUT2D eigenvalue weighted by Crippen LogP contribution is 2.03. The lowest BCUT2D eigenvalue weighted by Gasteiger charge is -2.17. The van der Waals surface area contributed by atoms with Crippen molar-refractivity contribution >= 4 is 11.8 Å². The van der Waals surface area contributed by atoms with Crippen LogP contribution in [0.15, 0.2) is 12.7 Å². The van der Waals surface area contributed by atoms with Crippen molar-refractivity contribution in [3.05, 3.63) is 12.7 Å². The summed E-state index contributed by atoms with van der Waals surface area (Å²) in [7, 11) is 1.17. The molecular formula is C7H11NO3. The number of esters is 1. The largest absolute Gasteiger partial charge is 0.467 e. The van der Waals surface area contributed by atoms with Crippen molar-refractivity contribution in [2.24, 2.45) is 5.73 Å². The van der Waals surface area contributed by atoms with E-state index in [1.807, 2.05) is 0 Å². The molecule has 0 aliphatic rings. The van der Waals surface area contributed by atoms with Crippen LogP contribution >= 0.6 is 0 Å². The number of ketones is 1. The maximum atomic E-state index is 10.9. The van der Waals surface area contributed by atoms with Gasteiger partial charge in [-0.15, -0.1) is 0 Å². The summed E-state index contributed by atoms with van der Waals surface area (Å²) in [6.45, 7) is 4.49. The molecule has 0 bridgehead atoms. The Morgan fingerprint density at radius 2 is 2.09 bits per heavy atom. The van der Waals surface area contributed by atoms with Crippen LogP contribution in [0, 0.1) is 0 Å². The van der Waals surface area contributed by atoms with E-state index in [9.17, 15) is 9.59 Å². The minimum Gasteiger partial charge on any atom is -0.467 e. The van der Waals surface area contributed by atoms with Crippen molar-refractivity contribution in [3.8, 4) is 0 Å². The van der Waals surface area contributed by atoms with Crippen molar-refractivity contribution in [2.45, 2.75) is 12.5 Å². The molecule has 62 valence electrons. The average molecular weight is 157 g/mol. The van der Waals surface area contributed by atoms with Gasteiger partial charge in [0.1, 0.15) is 0 Å². The summed E-state index contributed by atoms with van der Waals surface area (Å²) in [6, 6.07) is 0. The summed E-state index contributed by atoms with van der Waals surface area (Å²) in [4.78, 5) is 21.7. The zero-order valence-corrected chi connectivity index (χ0v) is 6.59. The van der Waals surface area contributed by atoms with Crippen LogP contribution in [-0.4, -0.2) is 24.4 Å². The van der Waals surface area contributed by atoms with Crippen LogP contribution in [0.25, 0.3) is 0 Å². The summed E-state index contributed by atoms with van der Waals surface area (Å²) in [5, 5.41) is 0. The Kier molecular flexibility index (Phi) is 2.95. The van der Waals surface area contributed by atoms with Crippen molar-refractivity contribution in [3.63, 3.8) is 0 Å². The fourth-order valence-electron chi connectivity index (χ4n) is 0.525. The predicted octanol–water partition coefficient (Wildman–Crippen LogP) is -0.368. The van der Waals surface area contributed by atoms with Gasteiger partial charge in [-0.05, 0) is 13.0 Å².